The Morgan fingerprint density at radius 2 is 1.65 bits per heavy atom. The third kappa shape index (κ3) is 3.44. The van der Waals surface area contributed by atoms with E-state index >= 15 is 0 Å². The molecular formula is C15H13Cl2NO2. The summed E-state index contributed by atoms with van der Waals surface area (Å²) in [5.41, 5.74) is 0.798. The van der Waals surface area contributed by atoms with Crippen molar-refractivity contribution in [1.29, 1.82) is 0 Å². The van der Waals surface area contributed by atoms with Crippen LogP contribution < -0.4 is 9.64 Å². The van der Waals surface area contributed by atoms with Crippen molar-refractivity contribution < 1.29 is 9.53 Å². The zero-order valence-corrected chi connectivity index (χ0v) is 12.4. The van der Waals surface area contributed by atoms with Gasteiger partial charge in [0.25, 0.3) is 5.91 Å². The van der Waals surface area contributed by atoms with Crippen molar-refractivity contribution in [1.82, 2.24) is 0 Å². The molecule has 0 radical (unpaired) electrons. The topological polar surface area (TPSA) is 29.5 Å². The molecular weight excluding hydrogens is 297 g/mol. The highest BCUT2D eigenvalue weighted by molar-refractivity contribution is 6.37. The van der Waals surface area contributed by atoms with Gasteiger partial charge in [0.2, 0.25) is 0 Å². The summed E-state index contributed by atoms with van der Waals surface area (Å²) >= 11 is 12.0. The van der Waals surface area contributed by atoms with Crippen LogP contribution in [0.25, 0.3) is 0 Å². The van der Waals surface area contributed by atoms with E-state index in [2.05, 4.69) is 0 Å². The number of hydrogen-bond acceptors (Lipinski definition) is 2. The summed E-state index contributed by atoms with van der Waals surface area (Å²) in [6, 6.07) is 14.4. The average molecular weight is 310 g/mol. The number of nitrogens with zero attached hydrogens (tertiary/aromatic N) is 1. The number of likely N-dealkylation sites (N-methyl/N-ethyl adjacent to an activating group) is 1. The van der Waals surface area contributed by atoms with E-state index in [0.717, 1.165) is 5.69 Å². The fraction of sp³-hybridized carbons (Fsp3) is 0.133. The molecule has 0 atom stereocenters. The highest BCUT2D eigenvalue weighted by Gasteiger charge is 2.13. The maximum Gasteiger partial charge on any atom is 0.264 e. The predicted octanol–water partition coefficient (Wildman–Crippen LogP) is 4.04. The first-order chi connectivity index (χ1) is 9.59. The molecule has 0 heterocycles. The number of carbonyl (C=O) groups excluding carboxylic acids is 1. The zero-order chi connectivity index (χ0) is 14.5. The van der Waals surface area contributed by atoms with E-state index in [1.165, 1.54) is 4.90 Å². The Kier molecular flexibility index (Phi) is 4.88. The Balaban J connectivity index is 2.02. The fourth-order valence-electron chi connectivity index (χ4n) is 1.65. The van der Waals surface area contributed by atoms with Crippen LogP contribution in [0.1, 0.15) is 0 Å². The number of amides is 1. The van der Waals surface area contributed by atoms with Gasteiger partial charge in [-0.15, -0.1) is 0 Å². The Hall–Kier alpha value is -1.71. The molecule has 0 spiro atoms. The van der Waals surface area contributed by atoms with Gasteiger partial charge in [-0.25, -0.2) is 0 Å². The molecule has 20 heavy (non-hydrogen) atoms. The monoisotopic (exact) mass is 309 g/mol. The Labute approximate surface area is 127 Å². The summed E-state index contributed by atoms with van der Waals surface area (Å²) in [6.45, 7) is -0.130. The molecule has 104 valence electrons. The minimum atomic E-state index is -0.188. The molecule has 0 bridgehead atoms. The van der Waals surface area contributed by atoms with Gasteiger partial charge in [0.05, 0.1) is 10.0 Å². The summed E-state index contributed by atoms with van der Waals surface area (Å²) < 4.78 is 5.42. The van der Waals surface area contributed by atoms with Crippen molar-refractivity contribution in [2.75, 3.05) is 18.6 Å². The summed E-state index contributed by atoms with van der Waals surface area (Å²) in [7, 11) is 1.69. The molecule has 2 aromatic rings. The van der Waals surface area contributed by atoms with Gasteiger partial charge in [0.15, 0.2) is 12.4 Å². The molecule has 0 aliphatic heterocycles. The lowest BCUT2D eigenvalue weighted by atomic mass is 10.3. The summed E-state index contributed by atoms with van der Waals surface area (Å²) in [5.74, 6) is 0.137. The Morgan fingerprint density at radius 3 is 2.25 bits per heavy atom. The molecule has 0 unspecified atom stereocenters. The second-order valence-electron chi connectivity index (χ2n) is 4.13. The Bertz CT molecular complexity index is 582. The van der Waals surface area contributed by atoms with Crippen LogP contribution in [0.15, 0.2) is 48.5 Å². The van der Waals surface area contributed by atoms with Gasteiger partial charge in [-0.05, 0) is 24.3 Å². The van der Waals surface area contributed by atoms with Gasteiger partial charge in [0.1, 0.15) is 0 Å². The first-order valence-corrected chi connectivity index (χ1v) is 6.73. The van der Waals surface area contributed by atoms with E-state index in [9.17, 15) is 4.79 Å². The highest BCUT2D eigenvalue weighted by Crippen LogP contribution is 2.32. The molecule has 3 nitrogen and oxygen atoms in total. The first kappa shape index (κ1) is 14.7. The standard InChI is InChI=1S/C15H13Cl2NO2/c1-18(11-6-3-2-4-7-11)14(19)10-20-15-12(16)8-5-9-13(15)17/h2-9H,10H2,1H3. The number of hydrogen-bond donors (Lipinski definition) is 0. The van der Waals surface area contributed by atoms with Crippen LogP contribution in [0.3, 0.4) is 0 Å². The number of halogens is 2. The molecule has 0 fully saturated rings. The molecule has 0 saturated carbocycles. The van der Waals surface area contributed by atoms with Gasteiger partial charge in [-0.3, -0.25) is 4.79 Å². The third-order valence-electron chi connectivity index (χ3n) is 2.78. The maximum atomic E-state index is 12.1. The Morgan fingerprint density at radius 1 is 1.05 bits per heavy atom. The van der Waals surface area contributed by atoms with Crippen LogP contribution in [-0.2, 0) is 4.79 Å². The van der Waals surface area contributed by atoms with Crippen molar-refractivity contribution >= 4 is 34.8 Å². The van der Waals surface area contributed by atoms with Crippen molar-refractivity contribution in [3.8, 4) is 5.75 Å². The van der Waals surface area contributed by atoms with Crippen LogP contribution in [0.5, 0.6) is 5.75 Å². The average Bonchev–Trinajstić information content (AvgIpc) is 2.46. The van der Waals surface area contributed by atoms with Crippen molar-refractivity contribution in [3.63, 3.8) is 0 Å². The summed E-state index contributed by atoms with van der Waals surface area (Å²) in [6.07, 6.45) is 0. The lowest BCUT2D eigenvalue weighted by molar-refractivity contribution is -0.120. The minimum absolute atomic E-state index is 0.130. The van der Waals surface area contributed by atoms with Gasteiger partial charge in [-0.1, -0.05) is 47.5 Å². The van der Waals surface area contributed by atoms with Crippen molar-refractivity contribution in [2.24, 2.45) is 0 Å². The normalized spacial score (nSPS) is 10.2. The minimum Gasteiger partial charge on any atom is -0.481 e. The lowest BCUT2D eigenvalue weighted by Gasteiger charge is -2.18. The van der Waals surface area contributed by atoms with Gasteiger partial charge in [0, 0.05) is 12.7 Å². The number of benzene rings is 2. The molecule has 5 heteroatoms. The number of ether oxygens (including phenoxy) is 1. The SMILES string of the molecule is CN(C(=O)COc1c(Cl)cccc1Cl)c1ccccc1. The van der Waals surface area contributed by atoms with Gasteiger partial charge in [-0.2, -0.15) is 0 Å². The van der Waals surface area contributed by atoms with E-state index in [1.807, 2.05) is 30.3 Å². The number of carbonyl (C=O) groups is 1. The fourth-order valence-corrected chi connectivity index (χ4v) is 2.15. The van der Waals surface area contributed by atoms with Crippen LogP contribution in [0.4, 0.5) is 5.69 Å². The molecule has 0 saturated heterocycles. The number of para-hydroxylation sites is 2. The molecule has 1 amide bonds. The number of anilines is 1. The van der Waals surface area contributed by atoms with Gasteiger partial charge < -0.3 is 9.64 Å². The molecule has 0 aromatic heterocycles. The van der Waals surface area contributed by atoms with E-state index in [4.69, 9.17) is 27.9 Å². The van der Waals surface area contributed by atoms with Crippen molar-refractivity contribution in [2.45, 2.75) is 0 Å². The third-order valence-corrected chi connectivity index (χ3v) is 3.37. The first-order valence-electron chi connectivity index (χ1n) is 5.98. The summed E-state index contributed by atoms with van der Waals surface area (Å²) in [5, 5.41) is 0.764. The van der Waals surface area contributed by atoms with Crippen LogP contribution in [0, 0.1) is 0 Å². The summed E-state index contributed by atoms with van der Waals surface area (Å²) in [4.78, 5) is 13.6. The second-order valence-corrected chi connectivity index (χ2v) is 4.94. The van der Waals surface area contributed by atoms with Crippen LogP contribution >= 0.6 is 23.2 Å². The molecule has 2 rings (SSSR count). The van der Waals surface area contributed by atoms with Crippen LogP contribution in [0.2, 0.25) is 10.0 Å². The molecule has 0 N–H and O–H groups in total. The predicted molar refractivity (Wildman–Crippen MR) is 81.8 cm³/mol. The molecule has 0 aliphatic carbocycles. The van der Waals surface area contributed by atoms with E-state index < -0.39 is 0 Å². The van der Waals surface area contributed by atoms with Gasteiger partial charge >= 0.3 is 0 Å². The largest absolute Gasteiger partial charge is 0.481 e. The zero-order valence-electron chi connectivity index (χ0n) is 10.8. The molecule has 2 aromatic carbocycles. The van der Waals surface area contributed by atoms with E-state index in [1.54, 1.807) is 25.2 Å². The van der Waals surface area contributed by atoms with E-state index in [0.29, 0.717) is 15.8 Å². The maximum absolute atomic E-state index is 12.1. The highest BCUT2D eigenvalue weighted by atomic mass is 35.5. The van der Waals surface area contributed by atoms with E-state index in [-0.39, 0.29) is 12.5 Å². The smallest absolute Gasteiger partial charge is 0.264 e. The van der Waals surface area contributed by atoms with Crippen molar-refractivity contribution in [3.05, 3.63) is 58.6 Å². The quantitative estimate of drug-likeness (QED) is 0.853. The van der Waals surface area contributed by atoms with Crippen LogP contribution in [-0.4, -0.2) is 19.6 Å². The number of rotatable bonds is 4. The second kappa shape index (κ2) is 6.64. The molecule has 0 aliphatic rings. The lowest BCUT2D eigenvalue weighted by Crippen LogP contribution is -2.31.